The summed E-state index contributed by atoms with van der Waals surface area (Å²) >= 11 is 0. The minimum Gasteiger partial charge on any atom is -0.452 e. The van der Waals surface area contributed by atoms with Gasteiger partial charge >= 0.3 is 12.1 Å². The Labute approximate surface area is 146 Å². The molecule has 0 saturated heterocycles. The van der Waals surface area contributed by atoms with Crippen molar-refractivity contribution >= 4 is 17.6 Å². The zero-order valence-corrected chi connectivity index (χ0v) is 13.6. The van der Waals surface area contributed by atoms with Gasteiger partial charge in [-0.3, -0.25) is 9.59 Å². The zero-order valence-electron chi connectivity index (χ0n) is 13.6. The molecule has 0 bridgehead atoms. The number of carbonyl (C=O) groups excluding carboxylic acids is 2. The maximum atomic E-state index is 13.1. The van der Waals surface area contributed by atoms with Gasteiger partial charge in [0.2, 0.25) is 0 Å². The van der Waals surface area contributed by atoms with Crippen molar-refractivity contribution in [1.29, 1.82) is 0 Å². The lowest BCUT2D eigenvalue weighted by molar-refractivity contribution is -0.152. The number of carbonyl (C=O) groups is 2. The molecule has 26 heavy (non-hydrogen) atoms. The van der Waals surface area contributed by atoms with E-state index in [9.17, 15) is 27.2 Å². The maximum Gasteiger partial charge on any atom is 0.416 e. The van der Waals surface area contributed by atoms with Crippen LogP contribution in [0.1, 0.15) is 18.1 Å². The van der Waals surface area contributed by atoms with Crippen molar-refractivity contribution in [1.82, 2.24) is 0 Å². The van der Waals surface area contributed by atoms with Crippen molar-refractivity contribution in [2.75, 3.05) is 5.32 Å². The van der Waals surface area contributed by atoms with E-state index in [1.54, 1.807) is 0 Å². The molecule has 1 atom stereocenters. The minimum absolute atomic E-state index is 0.135. The number of nitrogens with one attached hydrogen (secondary N) is 1. The number of alkyl halides is 3. The summed E-state index contributed by atoms with van der Waals surface area (Å²) < 4.78 is 55.5. The summed E-state index contributed by atoms with van der Waals surface area (Å²) in [6.45, 7) is 1.32. The molecule has 8 heteroatoms. The molecule has 0 aliphatic carbocycles. The van der Waals surface area contributed by atoms with E-state index < -0.39 is 35.5 Å². The summed E-state index contributed by atoms with van der Waals surface area (Å²) in [7, 11) is 0. The van der Waals surface area contributed by atoms with Crippen LogP contribution in [0.2, 0.25) is 0 Å². The molecule has 0 radical (unpaired) electrons. The Morgan fingerprint density at radius 3 is 2.35 bits per heavy atom. The van der Waals surface area contributed by atoms with E-state index in [4.69, 9.17) is 4.74 Å². The van der Waals surface area contributed by atoms with Crippen LogP contribution in [0.4, 0.5) is 23.2 Å². The van der Waals surface area contributed by atoms with Crippen molar-refractivity contribution < 1.29 is 31.9 Å². The van der Waals surface area contributed by atoms with Gasteiger partial charge in [-0.05, 0) is 48.9 Å². The maximum absolute atomic E-state index is 13.1. The molecule has 0 saturated carbocycles. The van der Waals surface area contributed by atoms with Crippen LogP contribution in [-0.2, 0) is 26.9 Å². The summed E-state index contributed by atoms with van der Waals surface area (Å²) in [6, 6.07) is 9.25. The standard InChI is InChI=1S/C18H15F4NO3/c1-11(26-16(24)10-12-3-2-4-14(19)9-12)17(25)23-15-7-5-13(6-8-15)18(20,21)22/h2-9,11H,10H2,1H3,(H,23,25)/t11-/m1/s1. The van der Waals surface area contributed by atoms with Gasteiger partial charge in [-0.15, -0.1) is 0 Å². The fourth-order valence-electron chi connectivity index (χ4n) is 2.09. The molecular formula is C18H15F4NO3. The van der Waals surface area contributed by atoms with Gasteiger partial charge in [0.05, 0.1) is 12.0 Å². The number of amides is 1. The van der Waals surface area contributed by atoms with Gasteiger partial charge in [-0.25, -0.2) is 4.39 Å². The number of esters is 1. The van der Waals surface area contributed by atoms with Gasteiger partial charge in [0.15, 0.2) is 6.10 Å². The molecule has 2 aromatic rings. The van der Waals surface area contributed by atoms with Crippen LogP contribution in [0.5, 0.6) is 0 Å². The summed E-state index contributed by atoms with van der Waals surface area (Å²) in [5.74, 6) is -1.92. The van der Waals surface area contributed by atoms with Crippen molar-refractivity contribution in [3.8, 4) is 0 Å². The summed E-state index contributed by atoms with van der Waals surface area (Å²) in [5, 5.41) is 2.36. The Bertz CT molecular complexity index is 788. The van der Waals surface area contributed by atoms with Gasteiger partial charge in [-0.1, -0.05) is 12.1 Å². The highest BCUT2D eigenvalue weighted by Gasteiger charge is 2.30. The van der Waals surface area contributed by atoms with E-state index in [1.165, 1.54) is 31.2 Å². The normalized spacial score (nSPS) is 12.3. The zero-order chi connectivity index (χ0) is 19.3. The molecule has 2 aromatic carbocycles. The number of halogens is 4. The lowest BCUT2D eigenvalue weighted by Crippen LogP contribution is -2.30. The SMILES string of the molecule is C[C@@H](OC(=O)Cc1cccc(F)c1)C(=O)Nc1ccc(C(F)(F)F)cc1. The molecule has 138 valence electrons. The van der Waals surface area contributed by atoms with Gasteiger partial charge in [-0.2, -0.15) is 13.2 Å². The van der Waals surface area contributed by atoms with Gasteiger partial charge in [0.25, 0.3) is 5.91 Å². The second kappa shape index (κ2) is 7.99. The van der Waals surface area contributed by atoms with E-state index in [0.717, 1.165) is 24.3 Å². The van der Waals surface area contributed by atoms with E-state index in [1.807, 2.05) is 0 Å². The molecule has 0 fully saturated rings. The fourth-order valence-corrected chi connectivity index (χ4v) is 2.09. The molecule has 0 unspecified atom stereocenters. The lowest BCUT2D eigenvalue weighted by atomic mass is 10.1. The van der Waals surface area contributed by atoms with Crippen molar-refractivity contribution in [2.45, 2.75) is 25.6 Å². The van der Waals surface area contributed by atoms with Crippen LogP contribution >= 0.6 is 0 Å². The Balaban J connectivity index is 1.89. The largest absolute Gasteiger partial charge is 0.452 e. The quantitative estimate of drug-likeness (QED) is 0.641. The first-order chi connectivity index (χ1) is 12.1. The lowest BCUT2D eigenvalue weighted by Gasteiger charge is -2.14. The van der Waals surface area contributed by atoms with Gasteiger partial charge in [0, 0.05) is 5.69 Å². The third kappa shape index (κ3) is 5.58. The number of rotatable bonds is 5. The van der Waals surface area contributed by atoms with Crippen LogP contribution in [0.3, 0.4) is 0 Å². The molecular weight excluding hydrogens is 354 g/mol. The van der Waals surface area contributed by atoms with E-state index >= 15 is 0 Å². The van der Waals surface area contributed by atoms with Crippen molar-refractivity contribution in [3.63, 3.8) is 0 Å². The van der Waals surface area contributed by atoms with E-state index in [2.05, 4.69) is 5.32 Å². The van der Waals surface area contributed by atoms with E-state index in [-0.39, 0.29) is 12.1 Å². The Kier molecular flexibility index (Phi) is 5.97. The van der Waals surface area contributed by atoms with Crippen LogP contribution in [0.25, 0.3) is 0 Å². The molecule has 1 N–H and O–H groups in total. The van der Waals surface area contributed by atoms with Crippen LogP contribution in [0, 0.1) is 5.82 Å². The summed E-state index contributed by atoms with van der Waals surface area (Å²) in [4.78, 5) is 23.8. The number of benzene rings is 2. The highest BCUT2D eigenvalue weighted by molar-refractivity contribution is 5.95. The number of hydrogen-bond acceptors (Lipinski definition) is 3. The highest BCUT2D eigenvalue weighted by atomic mass is 19.4. The monoisotopic (exact) mass is 369 g/mol. The Hall–Kier alpha value is -2.90. The van der Waals surface area contributed by atoms with Gasteiger partial charge < -0.3 is 10.1 Å². The first-order valence-electron chi connectivity index (χ1n) is 7.57. The van der Waals surface area contributed by atoms with Crippen LogP contribution < -0.4 is 5.32 Å². The number of ether oxygens (including phenoxy) is 1. The highest BCUT2D eigenvalue weighted by Crippen LogP contribution is 2.29. The molecule has 4 nitrogen and oxygen atoms in total. The predicted octanol–water partition coefficient (Wildman–Crippen LogP) is 3.96. The average Bonchev–Trinajstić information content (AvgIpc) is 2.54. The van der Waals surface area contributed by atoms with E-state index in [0.29, 0.717) is 5.56 Å². The molecule has 2 rings (SSSR count). The Morgan fingerprint density at radius 2 is 1.77 bits per heavy atom. The second-order valence-corrected chi connectivity index (χ2v) is 5.50. The van der Waals surface area contributed by atoms with Crippen LogP contribution in [-0.4, -0.2) is 18.0 Å². The predicted molar refractivity (Wildman–Crippen MR) is 85.7 cm³/mol. The fraction of sp³-hybridized carbons (Fsp3) is 0.222. The Morgan fingerprint density at radius 1 is 1.12 bits per heavy atom. The minimum atomic E-state index is -4.47. The second-order valence-electron chi connectivity index (χ2n) is 5.50. The molecule has 0 aliphatic rings. The molecule has 0 spiro atoms. The molecule has 0 aliphatic heterocycles. The van der Waals surface area contributed by atoms with Crippen molar-refractivity contribution in [2.24, 2.45) is 0 Å². The summed E-state index contributed by atoms with van der Waals surface area (Å²) in [6.07, 6.45) is -5.85. The smallest absolute Gasteiger partial charge is 0.416 e. The van der Waals surface area contributed by atoms with Gasteiger partial charge in [0.1, 0.15) is 5.82 Å². The van der Waals surface area contributed by atoms with Crippen molar-refractivity contribution in [3.05, 3.63) is 65.5 Å². The number of anilines is 1. The molecule has 0 aromatic heterocycles. The summed E-state index contributed by atoms with van der Waals surface area (Å²) in [5.41, 5.74) is -0.313. The van der Waals surface area contributed by atoms with Crippen LogP contribution in [0.15, 0.2) is 48.5 Å². The molecule has 1 amide bonds. The number of hydrogen-bond donors (Lipinski definition) is 1. The average molecular weight is 369 g/mol. The topological polar surface area (TPSA) is 55.4 Å². The molecule has 0 heterocycles. The third-order valence-electron chi connectivity index (χ3n) is 3.39. The first kappa shape index (κ1) is 19.4. The first-order valence-corrected chi connectivity index (χ1v) is 7.57. The third-order valence-corrected chi connectivity index (χ3v) is 3.39.